The molecule has 1 amide bonds. The van der Waals surface area contributed by atoms with Gasteiger partial charge in [-0.2, -0.15) is 0 Å². The molecule has 0 aliphatic heterocycles. The molecule has 32 heavy (non-hydrogen) atoms. The van der Waals surface area contributed by atoms with Crippen molar-refractivity contribution in [3.05, 3.63) is 70.3 Å². The summed E-state index contributed by atoms with van der Waals surface area (Å²) >= 11 is 0. The summed E-state index contributed by atoms with van der Waals surface area (Å²) in [5.74, 6) is -0.701. The van der Waals surface area contributed by atoms with Gasteiger partial charge in [-0.3, -0.25) is 14.9 Å². The van der Waals surface area contributed by atoms with Crippen molar-refractivity contribution in [3.8, 4) is 0 Å². The van der Waals surface area contributed by atoms with Crippen molar-refractivity contribution >= 4 is 21.6 Å². The molecule has 0 aromatic heterocycles. The highest BCUT2D eigenvalue weighted by Crippen LogP contribution is 2.17. The number of aliphatic hydroxyl groups excluding tert-OH is 1. The van der Waals surface area contributed by atoms with Crippen LogP contribution in [0.5, 0.6) is 0 Å². The average molecular weight is 464 g/mol. The molecule has 0 saturated heterocycles. The second-order valence-electron chi connectivity index (χ2n) is 7.52. The monoisotopic (exact) mass is 463 g/mol. The Morgan fingerprint density at radius 1 is 1.12 bits per heavy atom. The fourth-order valence-corrected chi connectivity index (χ4v) is 4.24. The summed E-state index contributed by atoms with van der Waals surface area (Å²) in [5, 5.41) is 24.1. The molecule has 3 N–H and O–H groups in total. The summed E-state index contributed by atoms with van der Waals surface area (Å²) in [5.41, 5.74) is 0.726. The number of hydrogen-bond acceptors (Lipinski definition) is 6. The lowest BCUT2D eigenvalue weighted by Crippen LogP contribution is -2.38. The van der Waals surface area contributed by atoms with E-state index >= 15 is 0 Å². The third kappa shape index (κ3) is 8.03. The third-order valence-corrected chi connectivity index (χ3v) is 6.39. The number of carbonyl (C=O) groups is 1. The SMILES string of the molecule is CCCCNC(=O)[C@@H](Cc1ccccc1)C[C@H](O)CNS(=O)(=O)c1ccc([N+](=O)[O-])cc1. The molecule has 2 aromatic rings. The number of carbonyl (C=O) groups excluding carboxylic acids is 1. The molecule has 2 atom stereocenters. The molecule has 0 aliphatic carbocycles. The highest BCUT2D eigenvalue weighted by molar-refractivity contribution is 7.89. The standard InChI is InChI=1S/C22H29N3O6S/c1-2-3-13-23-22(27)18(14-17-7-5-4-6-8-17)15-20(26)16-24-32(30,31)21-11-9-19(10-12-21)25(28)29/h4-12,18,20,24,26H,2-3,13-16H2,1H3,(H,23,27)/t18-,20-/m0/s1. The Balaban J connectivity index is 2.00. The van der Waals surface area contributed by atoms with Crippen molar-refractivity contribution in [3.63, 3.8) is 0 Å². The fourth-order valence-electron chi connectivity index (χ4n) is 3.16. The molecule has 10 heteroatoms. The van der Waals surface area contributed by atoms with Crippen molar-refractivity contribution in [2.24, 2.45) is 5.92 Å². The van der Waals surface area contributed by atoms with E-state index in [0.29, 0.717) is 13.0 Å². The molecule has 0 saturated carbocycles. The summed E-state index contributed by atoms with van der Waals surface area (Å²) in [6, 6.07) is 13.9. The molecule has 174 valence electrons. The van der Waals surface area contributed by atoms with Crippen LogP contribution in [0.3, 0.4) is 0 Å². The number of benzene rings is 2. The second-order valence-corrected chi connectivity index (χ2v) is 9.29. The number of nitro groups is 1. The molecule has 0 fully saturated rings. The van der Waals surface area contributed by atoms with Crippen molar-refractivity contribution in [2.45, 2.75) is 43.6 Å². The van der Waals surface area contributed by atoms with Crippen molar-refractivity contribution in [1.29, 1.82) is 0 Å². The summed E-state index contributed by atoms with van der Waals surface area (Å²) in [7, 11) is -3.96. The van der Waals surface area contributed by atoms with Crippen LogP contribution in [0.15, 0.2) is 59.5 Å². The van der Waals surface area contributed by atoms with Crippen molar-refractivity contribution < 1.29 is 23.2 Å². The molecule has 0 spiro atoms. The normalized spacial score (nSPS) is 13.3. The summed E-state index contributed by atoms with van der Waals surface area (Å²) in [6.07, 6.45) is 1.20. The van der Waals surface area contributed by atoms with E-state index in [2.05, 4.69) is 10.0 Å². The van der Waals surface area contributed by atoms with E-state index in [9.17, 15) is 28.4 Å². The van der Waals surface area contributed by atoms with Gasteiger partial charge in [0.1, 0.15) is 0 Å². The van der Waals surface area contributed by atoms with Gasteiger partial charge in [-0.15, -0.1) is 0 Å². The molecule has 9 nitrogen and oxygen atoms in total. The minimum absolute atomic E-state index is 0.0790. The van der Waals surface area contributed by atoms with Gasteiger partial charge in [-0.1, -0.05) is 43.7 Å². The number of nitro benzene ring substituents is 1. The largest absolute Gasteiger partial charge is 0.392 e. The number of hydrogen-bond donors (Lipinski definition) is 3. The number of amides is 1. The Bertz CT molecular complexity index is 980. The van der Waals surface area contributed by atoms with Crippen LogP contribution in [0.2, 0.25) is 0 Å². The topological polar surface area (TPSA) is 139 Å². The molecule has 0 bridgehead atoms. The Kier molecular flexibility index (Phi) is 9.76. The number of rotatable bonds is 13. The van der Waals surface area contributed by atoms with Gasteiger partial charge in [-0.05, 0) is 37.0 Å². The fraction of sp³-hybridized carbons (Fsp3) is 0.409. The van der Waals surface area contributed by atoms with Gasteiger partial charge in [0.2, 0.25) is 15.9 Å². The molecule has 2 aromatic carbocycles. The molecule has 2 rings (SSSR count). The zero-order chi connectivity index (χ0) is 23.6. The maximum absolute atomic E-state index is 12.7. The van der Waals surface area contributed by atoms with Gasteiger partial charge in [0.05, 0.1) is 15.9 Å². The van der Waals surface area contributed by atoms with Crippen LogP contribution < -0.4 is 10.0 Å². The highest BCUT2D eigenvalue weighted by Gasteiger charge is 2.24. The van der Waals surface area contributed by atoms with Crippen LogP contribution in [-0.2, 0) is 21.2 Å². The number of nitrogens with one attached hydrogen (secondary N) is 2. The van der Waals surface area contributed by atoms with Crippen molar-refractivity contribution in [1.82, 2.24) is 10.0 Å². The van der Waals surface area contributed by atoms with Gasteiger partial charge in [0.25, 0.3) is 5.69 Å². The van der Waals surface area contributed by atoms with Gasteiger partial charge in [-0.25, -0.2) is 13.1 Å². The van der Waals surface area contributed by atoms with Crippen LogP contribution in [0.1, 0.15) is 31.7 Å². The predicted octanol–water partition coefficient (Wildman–Crippen LogP) is 2.40. The molecule has 0 heterocycles. The van der Waals surface area contributed by atoms with Crippen LogP contribution in [0.4, 0.5) is 5.69 Å². The molecule has 0 unspecified atom stereocenters. The number of unbranched alkanes of at least 4 members (excludes halogenated alkanes) is 1. The summed E-state index contributed by atoms with van der Waals surface area (Å²) < 4.78 is 27.2. The maximum atomic E-state index is 12.7. The first-order chi connectivity index (χ1) is 15.2. The second kappa shape index (κ2) is 12.3. The van der Waals surface area contributed by atoms with Crippen LogP contribution >= 0.6 is 0 Å². The van der Waals surface area contributed by atoms with Crippen LogP contribution in [0.25, 0.3) is 0 Å². The first kappa shape index (κ1) is 25.4. The quantitative estimate of drug-likeness (QED) is 0.237. The van der Waals surface area contributed by atoms with E-state index in [1.165, 1.54) is 0 Å². The van der Waals surface area contributed by atoms with E-state index in [-0.39, 0.29) is 29.5 Å². The summed E-state index contributed by atoms with van der Waals surface area (Å²) in [6.45, 7) is 2.28. The smallest absolute Gasteiger partial charge is 0.269 e. The third-order valence-electron chi connectivity index (χ3n) is 4.95. The first-order valence-electron chi connectivity index (χ1n) is 10.5. The number of non-ortho nitro benzene ring substituents is 1. The number of aliphatic hydroxyl groups is 1. The van der Waals surface area contributed by atoms with Gasteiger partial charge in [0.15, 0.2) is 0 Å². The lowest BCUT2D eigenvalue weighted by molar-refractivity contribution is -0.384. The Labute approximate surface area is 188 Å². The minimum Gasteiger partial charge on any atom is -0.392 e. The summed E-state index contributed by atoms with van der Waals surface area (Å²) in [4.78, 5) is 22.6. The number of nitrogens with zero attached hydrogens (tertiary/aromatic N) is 1. The van der Waals surface area contributed by atoms with Gasteiger partial charge >= 0.3 is 0 Å². The van der Waals surface area contributed by atoms with Gasteiger partial charge in [0, 0.05) is 31.1 Å². The highest BCUT2D eigenvalue weighted by atomic mass is 32.2. The molecular formula is C22H29N3O6S. The Morgan fingerprint density at radius 3 is 2.38 bits per heavy atom. The van der Waals surface area contributed by atoms with Gasteiger partial charge < -0.3 is 10.4 Å². The van der Waals surface area contributed by atoms with E-state index in [1.807, 2.05) is 37.3 Å². The molecule has 0 radical (unpaired) electrons. The Hall–Kier alpha value is -2.82. The maximum Gasteiger partial charge on any atom is 0.269 e. The Morgan fingerprint density at radius 2 is 1.78 bits per heavy atom. The number of sulfonamides is 1. The van der Waals surface area contributed by atoms with Crippen molar-refractivity contribution in [2.75, 3.05) is 13.1 Å². The zero-order valence-corrected chi connectivity index (χ0v) is 18.8. The van der Waals surface area contributed by atoms with E-state index in [4.69, 9.17) is 0 Å². The zero-order valence-electron chi connectivity index (χ0n) is 17.9. The van der Waals surface area contributed by atoms with E-state index < -0.39 is 27.0 Å². The lowest BCUT2D eigenvalue weighted by Gasteiger charge is -2.20. The minimum atomic E-state index is -3.96. The van der Waals surface area contributed by atoms with E-state index in [1.54, 1.807) is 0 Å². The molecule has 0 aliphatic rings. The predicted molar refractivity (Wildman–Crippen MR) is 120 cm³/mol. The lowest BCUT2D eigenvalue weighted by atomic mass is 9.92. The first-order valence-corrected chi connectivity index (χ1v) is 11.9. The molecular weight excluding hydrogens is 434 g/mol. The van der Waals surface area contributed by atoms with Crippen LogP contribution in [-0.4, -0.2) is 43.5 Å². The van der Waals surface area contributed by atoms with E-state index in [0.717, 1.165) is 42.7 Å². The average Bonchev–Trinajstić information content (AvgIpc) is 2.78. The van der Waals surface area contributed by atoms with Crippen LogP contribution in [0, 0.1) is 16.0 Å².